The molecule has 19 heavy (non-hydrogen) atoms. The van der Waals surface area contributed by atoms with Gasteiger partial charge in [-0.1, -0.05) is 12.1 Å². The Kier molecular flexibility index (Phi) is 4.54. The van der Waals surface area contributed by atoms with E-state index in [4.69, 9.17) is 0 Å². The summed E-state index contributed by atoms with van der Waals surface area (Å²) in [5.74, 6) is -0.395. The molecule has 0 bridgehead atoms. The zero-order chi connectivity index (χ0) is 13.9. The molecule has 1 aliphatic rings. The van der Waals surface area contributed by atoms with Gasteiger partial charge in [-0.05, 0) is 50.4 Å². The van der Waals surface area contributed by atoms with Crippen molar-refractivity contribution in [2.75, 3.05) is 19.6 Å². The topological polar surface area (TPSA) is 58.2 Å². The molecule has 6 heteroatoms. The molecule has 4 nitrogen and oxygen atoms in total. The number of sulfonamides is 1. The molecule has 2 N–H and O–H groups in total. The van der Waals surface area contributed by atoms with E-state index in [-0.39, 0.29) is 10.8 Å². The Bertz CT molecular complexity index is 540. The predicted molar refractivity (Wildman–Crippen MR) is 71.9 cm³/mol. The van der Waals surface area contributed by atoms with Gasteiger partial charge >= 0.3 is 0 Å². The van der Waals surface area contributed by atoms with Crippen molar-refractivity contribution >= 4 is 10.0 Å². The van der Waals surface area contributed by atoms with E-state index in [9.17, 15) is 12.8 Å². The molecular formula is C13H19FN2O2S. The first-order chi connectivity index (χ1) is 9.00. The summed E-state index contributed by atoms with van der Waals surface area (Å²) in [4.78, 5) is -0.267. The second kappa shape index (κ2) is 5.98. The zero-order valence-electron chi connectivity index (χ0n) is 10.9. The van der Waals surface area contributed by atoms with E-state index in [0.717, 1.165) is 25.9 Å². The number of halogens is 1. The van der Waals surface area contributed by atoms with Crippen LogP contribution in [0.3, 0.4) is 0 Å². The number of hydrogen-bond donors (Lipinski definition) is 2. The number of hydrogen-bond acceptors (Lipinski definition) is 3. The number of rotatable bonds is 4. The molecule has 0 spiro atoms. The number of benzene rings is 1. The average Bonchev–Trinajstić information content (AvgIpc) is 2.41. The standard InChI is InChI=1S/C13H19FN2O2S/c1-10-4-2-6-12(13(10)14)19(17,18)16-9-11-5-3-7-15-8-11/h2,4,6,11,15-16H,3,5,7-9H2,1H3. The maximum atomic E-state index is 13.8. The van der Waals surface area contributed by atoms with E-state index in [0.29, 0.717) is 12.1 Å². The Morgan fingerprint density at radius 1 is 1.47 bits per heavy atom. The lowest BCUT2D eigenvalue weighted by atomic mass is 10.0. The van der Waals surface area contributed by atoms with Crippen molar-refractivity contribution in [1.29, 1.82) is 0 Å². The molecule has 0 amide bonds. The monoisotopic (exact) mass is 286 g/mol. The highest BCUT2D eigenvalue weighted by Gasteiger charge is 2.22. The van der Waals surface area contributed by atoms with Gasteiger partial charge in [0.15, 0.2) is 0 Å². The lowest BCUT2D eigenvalue weighted by Gasteiger charge is -2.22. The molecule has 1 fully saturated rings. The van der Waals surface area contributed by atoms with Gasteiger partial charge in [-0.2, -0.15) is 0 Å². The second-order valence-corrected chi connectivity index (χ2v) is 6.69. The molecular weight excluding hydrogens is 267 g/mol. The van der Waals surface area contributed by atoms with Crippen molar-refractivity contribution in [1.82, 2.24) is 10.0 Å². The smallest absolute Gasteiger partial charge is 0.243 e. The fraction of sp³-hybridized carbons (Fsp3) is 0.538. The van der Waals surface area contributed by atoms with Crippen molar-refractivity contribution in [3.8, 4) is 0 Å². The molecule has 0 aliphatic carbocycles. The number of nitrogens with one attached hydrogen (secondary N) is 2. The molecule has 1 unspecified atom stereocenters. The zero-order valence-corrected chi connectivity index (χ0v) is 11.8. The van der Waals surface area contributed by atoms with Crippen LogP contribution in [-0.2, 0) is 10.0 Å². The first kappa shape index (κ1) is 14.4. The van der Waals surface area contributed by atoms with Gasteiger partial charge in [-0.3, -0.25) is 0 Å². The van der Waals surface area contributed by atoms with Crippen molar-refractivity contribution in [3.63, 3.8) is 0 Å². The van der Waals surface area contributed by atoms with E-state index >= 15 is 0 Å². The predicted octanol–water partition coefficient (Wildman–Crippen LogP) is 1.41. The first-order valence-corrected chi connectivity index (χ1v) is 7.94. The molecule has 1 aromatic carbocycles. The fourth-order valence-electron chi connectivity index (χ4n) is 2.23. The van der Waals surface area contributed by atoms with Gasteiger partial charge in [0, 0.05) is 6.54 Å². The highest BCUT2D eigenvalue weighted by atomic mass is 32.2. The molecule has 0 radical (unpaired) electrons. The maximum Gasteiger partial charge on any atom is 0.243 e. The van der Waals surface area contributed by atoms with Gasteiger partial charge in [0.1, 0.15) is 10.7 Å². The van der Waals surface area contributed by atoms with Crippen LogP contribution < -0.4 is 10.0 Å². The number of piperidine rings is 1. The molecule has 1 aliphatic heterocycles. The minimum atomic E-state index is -3.77. The van der Waals surface area contributed by atoms with Crippen LogP contribution in [0.25, 0.3) is 0 Å². The largest absolute Gasteiger partial charge is 0.316 e. The Morgan fingerprint density at radius 3 is 2.95 bits per heavy atom. The van der Waals surface area contributed by atoms with E-state index in [1.54, 1.807) is 19.1 Å². The van der Waals surface area contributed by atoms with Gasteiger partial charge in [-0.25, -0.2) is 17.5 Å². The third-order valence-corrected chi connectivity index (χ3v) is 4.85. The van der Waals surface area contributed by atoms with Crippen LogP contribution in [0.15, 0.2) is 23.1 Å². The molecule has 106 valence electrons. The van der Waals surface area contributed by atoms with E-state index in [1.807, 2.05) is 0 Å². The minimum absolute atomic E-state index is 0.267. The van der Waals surface area contributed by atoms with E-state index in [1.165, 1.54) is 6.07 Å². The lowest BCUT2D eigenvalue weighted by molar-refractivity contribution is 0.375. The molecule has 1 atom stereocenters. The summed E-state index contributed by atoms with van der Waals surface area (Å²) in [5.41, 5.74) is 0.335. The first-order valence-electron chi connectivity index (χ1n) is 6.46. The van der Waals surface area contributed by atoms with Crippen LogP contribution in [0.4, 0.5) is 4.39 Å². The van der Waals surface area contributed by atoms with Gasteiger partial charge < -0.3 is 5.32 Å². The number of aryl methyl sites for hydroxylation is 1. The second-order valence-electron chi connectivity index (χ2n) is 4.95. The highest BCUT2D eigenvalue weighted by molar-refractivity contribution is 7.89. The van der Waals surface area contributed by atoms with Crippen molar-refractivity contribution < 1.29 is 12.8 Å². The van der Waals surface area contributed by atoms with Crippen molar-refractivity contribution in [2.24, 2.45) is 5.92 Å². The summed E-state index contributed by atoms with van der Waals surface area (Å²) in [7, 11) is -3.77. The van der Waals surface area contributed by atoms with E-state index < -0.39 is 15.8 Å². The lowest BCUT2D eigenvalue weighted by Crippen LogP contribution is -2.38. The van der Waals surface area contributed by atoms with E-state index in [2.05, 4.69) is 10.0 Å². The molecule has 1 aromatic rings. The summed E-state index contributed by atoms with van der Waals surface area (Å²) in [5, 5.41) is 3.22. The molecule has 2 rings (SSSR count). The van der Waals surface area contributed by atoms with Gasteiger partial charge in [0.2, 0.25) is 10.0 Å². The summed E-state index contributed by atoms with van der Waals surface area (Å²) in [6, 6.07) is 4.40. The maximum absolute atomic E-state index is 13.8. The Balaban J connectivity index is 2.07. The Morgan fingerprint density at radius 2 is 2.26 bits per heavy atom. The van der Waals surface area contributed by atoms with Gasteiger partial charge in [-0.15, -0.1) is 0 Å². The quantitative estimate of drug-likeness (QED) is 0.880. The van der Waals surface area contributed by atoms with Crippen LogP contribution in [0, 0.1) is 18.7 Å². The fourth-order valence-corrected chi connectivity index (χ4v) is 3.50. The molecule has 0 saturated carbocycles. The highest BCUT2D eigenvalue weighted by Crippen LogP contribution is 2.18. The van der Waals surface area contributed by atoms with Crippen LogP contribution >= 0.6 is 0 Å². The SMILES string of the molecule is Cc1cccc(S(=O)(=O)NCC2CCCNC2)c1F. The van der Waals surface area contributed by atoms with Gasteiger partial charge in [0.05, 0.1) is 0 Å². The van der Waals surface area contributed by atoms with Crippen molar-refractivity contribution in [3.05, 3.63) is 29.6 Å². The van der Waals surface area contributed by atoms with Crippen molar-refractivity contribution in [2.45, 2.75) is 24.7 Å². The van der Waals surface area contributed by atoms with Crippen LogP contribution in [-0.4, -0.2) is 28.1 Å². The Labute approximate surface area is 113 Å². The van der Waals surface area contributed by atoms with Crippen LogP contribution in [0.2, 0.25) is 0 Å². The summed E-state index contributed by atoms with van der Waals surface area (Å²) in [6.07, 6.45) is 2.04. The Hall–Kier alpha value is -0.980. The summed E-state index contributed by atoms with van der Waals surface area (Å²) >= 11 is 0. The van der Waals surface area contributed by atoms with Crippen LogP contribution in [0.5, 0.6) is 0 Å². The normalized spacial score (nSPS) is 20.4. The summed E-state index contributed by atoms with van der Waals surface area (Å²) < 4.78 is 40.5. The molecule has 0 aromatic heterocycles. The molecule has 1 heterocycles. The molecule has 1 saturated heterocycles. The summed E-state index contributed by atoms with van der Waals surface area (Å²) in [6.45, 7) is 3.69. The minimum Gasteiger partial charge on any atom is -0.316 e. The third kappa shape index (κ3) is 3.52. The average molecular weight is 286 g/mol. The third-order valence-electron chi connectivity index (χ3n) is 3.41. The van der Waals surface area contributed by atoms with Crippen LogP contribution in [0.1, 0.15) is 18.4 Å². The van der Waals surface area contributed by atoms with Gasteiger partial charge in [0.25, 0.3) is 0 Å².